The summed E-state index contributed by atoms with van der Waals surface area (Å²) in [4.78, 5) is 0. The summed E-state index contributed by atoms with van der Waals surface area (Å²) in [5.41, 5.74) is 1.48. The Morgan fingerprint density at radius 2 is 1.94 bits per heavy atom. The van der Waals surface area contributed by atoms with Gasteiger partial charge in [0.05, 0.1) is 0 Å². The lowest BCUT2D eigenvalue weighted by atomic mass is 9.69. The zero-order valence-electron chi connectivity index (χ0n) is 10.1. The van der Waals surface area contributed by atoms with Crippen LogP contribution in [0.15, 0.2) is 24.3 Å². The summed E-state index contributed by atoms with van der Waals surface area (Å²) in [6.45, 7) is 2.22. The predicted octanol–water partition coefficient (Wildman–Crippen LogP) is 2.63. The molecule has 1 aliphatic rings. The number of hydrogen-bond acceptors (Lipinski definition) is 2. The maximum Gasteiger partial charge on any atom is 0.0499 e. The fraction of sp³-hybridized carbons (Fsp3) is 0.571. The SMILES string of the molecule is OCC1(CNCCc2ccc(Cl)cc2)CCC1. The van der Waals surface area contributed by atoms with Gasteiger partial charge in [0.25, 0.3) is 0 Å². The summed E-state index contributed by atoms with van der Waals surface area (Å²) in [5.74, 6) is 0. The second-order valence-corrected chi connectivity index (χ2v) is 5.50. The van der Waals surface area contributed by atoms with Crippen molar-refractivity contribution in [2.24, 2.45) is 5.41 Å². The lowest BCUT2D eigenvalue weighted by Gasteiger charge is -2.40. The summed E-state index contributed by atoms with van der Waals surface area (Å²) in [6.07, 6.45) is 4.60. The quantitative estimate of drug-likeness (QED) is 0.764. The Hall–Kier alpha value is -0.570. The number of aliphatic hydroxyl groups excluding tert-OH is 1. The third-order valence-electron chi connectivity index (χ3n) is 3.75. The van der Waals surface area contributed by atoms with Crippen LogP contribution in [0.2, 0.25) is 5.02 Å². The van der Waals surface area contributed by atoms with Crippen molar-refractivity contribution < 1.29 is 5.11 Å². The van der Waals surface area contributed by atoms with Crippen LogP contribution in [0.3, 0.4) is 0 Å². The second kappa shape index (κ2) is 5.85. The first-order chi connectivity index (χ1) is 8.24. The fourth-order valence-corrected chi connectivity index (χ4v) is 2.43. The van der Waals surface area contributed by atoms with E-state index in [1.54, 1.807) is 0 Å². The molecule has 2 nitrogen and oxygen atoms in total. The monoisotopic (exact) mass is 253 g/mol. The zero-order valence-corrected chi connectivity index (χ0v) is 10.8. The molecule has 2 N–H and O–H groups in total. The van der Waals surface area contributed by atoms with Gasteiger partial charge in [-0.15, -0.1) is 0 Å². The molecule has 0 saturated heterocycles. The van der Waals surface area contributed by atoms with Gasteiger partial charge in [-0.1, -0.05) is 30.2 Å². The highest BCUT2D eigenvalue weighted by atomic mass is 35.5. The summed E-state index contributed by atoms with van der Waals surface area (Å²) in [7, 11) is 0. The molecule has 0 amide bonds. The molecule has 0 radical (unpaired) electrons. The average molecular weight is 254 g/mol. The van der Waals surface area contributed by atoms with Gasteiger partial charge in [0.1, 0.15) is 0 Å². The Kier molecular flexibility index (Phi) is 4.43. The lowest BCUT2D eigenvalue weighted by Crippen LogP contribution is -2.43. The average Bonchev–Trinajstić information content (AvgIpc) is 2.30. The first-order valence-electron chi connectivity index (χ1n) is 6.30. The van der Waals surface area contributed by atoms with Crippen molar-refractivity contribution in [1.29, 1.82) is 0 Å². The normalized spacial score (nSPS) is 17.8. The molecule has 17 heavy (non-hydrogen) atoms. The van der Waals surface area contributed by atoms with Crippen LogP contribution < -0.4 is 5.32 Å². The van der Waals surface area contributed by atoms with Crippen molar-refractivity contribution >= 4 is 11.6 Å². The molecule has 2 rings (SSSR count). The number of hydrogen-bond donors (Lipinski definition) is 2. The van der Waals surface area contributed by atoms with E-state index >= 15 is 0 Å². The van der Waals surface area contributed by atoms with Crippen LogP contribution in [0.25, 0.3) is 0 Å². The van der Waals surface area contributed by atoms with Crippen molar-refractivity contribution in [2.75, 3.05) is 19.7 Å². The number of benzene rings is 1. The van der Waals surface area contributed by atoms with Crippen LogP contribution in [-0.4, -0.2) is 24.8 Å². The van der Waals surface area contributed by atoms with Crippen LogP contribution in [0.5, 0.6) is 0 Å². The smallest absolute Gasteiger partial charge is 0.0499 e. The number of rotatable bonds is 6. The summed E-state index contributed by atoms with van der Waals surface area (Å²) >= 11 is 5.83. The predicted molar refractivity (Wildman–Crippen MR) is 71.4 cm³/mol. The minimum atomic E-state index is 0.181. The molecule has 0 spiro atoms. The zero-order chi connectivity index (χ0) is 12.1. The molecular weight excluding hydrogens is 234 g/mol. The first-order valence-corrected chi connectivity index (χ1v) is 6.68. The number of aliphatic hydroxyl groups is 1. The Bertz CT molecular complexity index is 340. The van der Waals surface area contributed by atoms with E-state index in [1.807, 2.05) is 12.1 Å². The van der Waals surface area contributed by atoms with Gasteiger partial charge < -0.3 is 10.4 Å². The molecule has 1 aromatic carbocycles. The highest BCUT2D eigenvalue weighted by Gasteiger charge is 2.35. The number of nitrogens with one attached hydrogen (secondary N) is 1. The topological polar surface area (TPSA) is 32.3 Å². The third kappa shape index (κ3) is 3.44. The lowest BCUT2D eigenvalue weighted by molar-refractivity contribution is 0.0451. The molecule has 3 heteroatoms. The first kappa shape index (κ1) is 12.9. The van der Waals surface area contributed by atoms with Gasteiger partial charge in [0.2, 0.25) is 0 Å². The van der Waals surface area contributed by atoms with Gasteiger partial charge in [0, 0.05) is 23.6 Å². The largest absolute Gasteiger partial charge is 0.396 e. The molecular formula is C14H20ClNO. The van der Waals surface area contributed by atoms with Gasteiger partial charge in [-0.3, -0.25) is 0 Å². The van der Waals surface area contributed by atoms with E-state index in [1.165, 1.54) is 12.0 Å². The van der Waals surface area contributed by atoms with Crippen LogP contribution in [-0.2, 0) is 6.42 Å². The maximum absolute atomic E-state index is 9.33. The van der Waals surface area contributed by atoms with E-state index in [4.69, 9.17) is 11.6 Å². The van der Waals surface area contributed by atoms with E-state index in [2.05, 4.69) is 17.4 Å². The van der Waals surface area contributed by atoms with Gasteiger partial charge in [-0.05, 0) is 43.5 Å². The highest BCUT2D eigenvalue weighted by molar-refractivity contribution is 6.30. The Balaban J connectivity index is 1.67. The molecule has 0 aliphatic heterocycles. The Morgan fingerprint density at radius 1 is 1.24 bits per heavy atom. The van der Waals surface area contributed by atoms with Gasteiger partial charge >= 0.3 is 0 Å². The van der Waals surface area contributed by atoms with Crippen molar-refractivity contribution in [1.82, 2.24) is 5.32 Å². The molecule has 0 bridgehead atoms. The van der Waals surface area contributed by atoms with Crippen molar-refractivity contribution in [3.05, 3.63) is 34.9 Å². The Labute approximate surface area is 108 Å². The van der Waals surface area contributed by atoms with Crippen LogP contribution >= 0.6 is 11.6 Å². The summed E-state index contributed by atoms with van der Waals surface area (Å²) in [5, 5.41) is 13.6. The molecule has 0 heterocycles. The Morgan fingerprint density at radius 3 is 2.47 bits per heavy atom. The van der Waals surface area contributed by atoms with Gasteiger partial charge in [-0.25, -0.2) is 0 Å². The molecule has 0 unspecified atom stereocenters. The summed E-state index contributed by atoms with van der Waals surface area (Å²) in [6, 6.07) is 7.99. The van der Waals surface area contributed by atoms with E-state index < -0.39 is 0 Å². The van der Waals surface area contributed by atoms with Crippen molar-refractivity contribution in [2.45, 2.75) is 25.7 Å². The fourth-order valence-electron chi connectivity index (χ4n) is 2.30. The minimum absolute atomic E-state index is 0.181. The van der Waals surface area contributed by atoms with Crippen LogP contribution in [0.4, 0.5) is 0 Å². The molecule has 94 valence electrons. The molecule has 1 aliphatic carbocycles. The van der Waals surface area contributed by atoms with E-state index in [-0.39, 0.29) is 5.41 Å². The van der Waals surface area contributed by atoms with Crippen molar-refractivity contribution in [3.63, 3.8) is 0 Å². The molecule has 0 atom stereocenters. The third-order valence-corrected chi connectivity index (χ3v) is 4.01. The van der Waals surface area contributed by atoms with Gasteiger partial charge in [-0.2, -0.15) is 0 Å². The van der Waals surface area contributed by atoms with Crippen LogP contribution in [0, 0.1) is 5.41 Å². The standard InChI is InChI=1S/C14H20ClNO/c15-13-4-2-12(3-5-13)6-9-16-10-14(11-17)7-1-8-14/h2-5,16-17H,1,6-11H2. The maximum atomic E-state index is 9.33. The highest BCUT2D eigenvalue weighted by Crippen LogP contribution is 2.39. The van der Waals surface area contributed by atoms with Gasteiger partial charge in [0.15, 0.2) is 0 Å². The van der Waals surface area contributed by atoms with E-state index in [0.717, 1.165) is 37.4 Å². The second-order valence-electron chi connectivity index (χ2n) is 5.06. The summed E-state index contributed by atoms with van der Waals surface area (Å²) < 4.78 is 0. The van der Waals surface area contributed by atoms with Crippen molar-refractivity contribution in [3.8, 4) is 0 Å². The molecule has 1 fully saturated rings. The molecule has 1 aromatic rings. The van der Waals surface area contributed by atoms with Crippen LogP contribution in [0.1, 0.15) is 24.8 Å². The number of halogens is 1. The van der Waals surface area contributed by atoms with E-state index in [0.29, 0.717) is 6.61 Å². The minimum Gasteiger partial charge on any atom is -0.396 e. The molecule has 1 saturated carbocycles. The molecule has 0 aromatic heterocycles. The van der Waals surface area contributed by atoms with E-state index in [9.17, 15) is 5.11 Å².